The third kappa shape index (κ3) is 5.01. The zero-order valence-corrected chi connectivity index (χ0v) is 24.3. The van der Waals surface area contributed by atoms with Gasteiger partial charge in [-0.1, -0.05) is 104 Å². The van der Waals surface area contributed by atoms with Crippen LogP contribution in [0.5, 0.6) is 11.5 Å². The lowest BCUT2D eigenvalue weighted by atomic mass is 9.87. The Morgan fingerprint density at radius 2 is 1.32 bits per heavy atom. The largest absolute Gasteiger partial charge is 0.493 e. The van der Waals surface area contributed by atoms with Crippen LogP contribution in [0.2, 0.25) is 0 Å². The predicted molar refractivity (Wildman–Crippen MR) is 167 cm³/mol. The average Bonchev–Trinajstić information content (AvgIpc) is 3.50. The topological polar surface area (TPSA) is 27.7 Å². The monoisotopic (exact) mass is 546 g/mol. The molecule has 3 nitrogen and oxygen atoms in total. The van der Waals surface area contributed by atoms with Crippen LogP contribution in [-0.2, 0) is 18.0 Å². The molecule has 0 bridgehead atoms. The Hall–Kier alpha value is -3.65. The molecule has 0 aliphatic carbocycles. The zero-order valence-electron chi connectivity index (χ0n) is 23.4. The van der Waals surface area contributed by atoms with Gasteiger partial charge in [0.1, 0.15) is 11.5 Å². The summed E-state index contributed by atoms with van der Waals surface area (Å²) >= 11 is 0. The first kappa shape index (κ1) is 26.6. The highest BCUT2D eigenvalue weighted by atomic mass is 31.1. The van der Waals surface area contributed by atoms with Crippen molar-refractivity contribution in [3.05, 3.63) is 119 Å². The smallest absolute Gasteiger partial charge is 0.150 e. The van der Waals surface area contributed by atoms with Gasteiger partial charge in [0.15, 0.2) is 8.15 Å². The molecule has 0 fully saturated rings. The van der Waals surface area contributed by atoms with Crippen molar-refractivity contribution in [2.45, 2.75) is 46.8 Å². The van der Waals surface area contributed by atoms with Crippen LogP contribution < -0.4 is 19.9 Å². The molecule has 1 aliphatic heterocycles. The minimum atomic E-state index is -1.12. The van der Waals surface area contributed by atoms with E-state index in [0.29, 0.717) is 19.8 Å². The third-order valence-electron chi connectivity index (χ3n) is 7.77. The molecule has 40 heavy (non-hydrogen) atoms. The van der Waals surface area contributed by atoms with Gasteiger partial charge in [-0.25, -0.2) is 0 Å². The Kier molecular flexibility index (Phi) is 7.86. The number of hydrogen-bond acceptors (Lipinski definition) is 3. The average molecular weight is 547 g/mol. The van der Waals surface area contributed by atoms with E-state index < -0.39 is 8.15 Å². The predicted octanol–water partition coefficient (Wildman–Crippen LogP) is 8.76. The third-order valence-corrected chi connectivity index (χ3v) is 9.66. The van der Waals surface area contributed by atoms with Gasteiger partial charge < -0.3 is 14.0 Å². The second kappa shape index (κ2) is 11.8. The van der Waals surface area contributed by atoms with E-state index in [0.717, 1.165) is 41.0 Å². The van der Waals surface area contributed by atoms with Crippen molar-refractivity contribution >= 4 is 29.5 Å². The lowest BCUT2D eigenvalue weighted by Gasteiger charge is -2.27. The van der Waals surface area contributed by atoms with Gasteiger partial charge in [-0.05, 0) is 59.4 Å². The van der Waals surface area contributed by atoms with Gasteiger partial charge in [-0.2, -0.15) is 0 Å². The molecule has 6 rings (SSSR count). The summed E-state index contributed by atoms with van der Waals surface area (Å²) in [4.78, 5) is 0. The second-order valence-electron chi connectivity index (χ2n) is 10.3. The summed E-state index contributed by atoms with van der Waals surface area (Å²) < 4.78 is 19.8. The number of rotatable bonds is 9. The molecule has 0 spiro atoms. The number of ether oxygens (including phenoxy) is 2. The summed E-state index contributed by atoms with van der Waals surface area (Å²) in [5.41, 5.74) is 7.11. The van der Waals surface area contributed by atoms with Crippen LogP contribution >= 0.6 is 8.15 Å². The van der Waals surface area contributed by atoms with E-state index in [9.17, 15) is 0 Å². The van der Waals surface area contributed by atoms with Gasteiger partial charge >= 0.3 is 0 Å². The first-order valence-corrected chi connectivity index (χ1v) is 15.4. The quantitative estimate of drug-likeness (QED) is 0.137. The van der Waals surface area contributed by atoms with Gasteiger partial charge in [-0.3, -0.25) is 0 Å². The number of benzene rings is 5. The standard InChI is InChI=1S/C36H35O3P/c1-4-5-22-38-33-21-20-27-14-12-13-19-30(27)35(33)34-25(2)31-23-37-24-32(31)26(3)36(34)39-40(28-15-8-6-9-16-28)29-17-10-7-11-18-29/h6-21H,4-5,22-24H2,1-3H3. The molecule has 0 atom stereocenters. The Morgan fingerprint density at radius 3 is 2.00 bits per heavy atom. The first-order valence-electron chi connectivity index (χ1n) is 14.1. The van der Waals surface area contributed by atoms with Gasteiger partial charge in [0.05, 0.1) is 19.8 Å². The Bertz CT molecular complexity index is 1590. The Morgan fingerprint density at radius 1 is 0.700 bits per heavy atom. The van der Waals surface area contributed by atoms with Gasteiger partial charge in [-0.15, -0.1) is 0 Å². The van der Waals surface area contributed by atoms with Gasteiger partial charge in [0.25, 0.3) is 0 Å². The summed E-state index contributed by atoms with van der Waals surface area (Å²) in [7, 11) is -1.12. The summed E-state index contributed by atoms with van der Waals surface area (Å²) in [6, 6.07) is 34.1. The molecule has 1 aliphatic rings. The van der Waals surface area contributed by atoms with Crippen molar-refractivity contribution in [3.8, 4) is 22.6 Å². The summed E-state index contributed by atoms with van der Waals surface area (Å²) in [5.74, 6) is 1.83. The van der Waals surface area contributed by atoms with E-state index in [4.69, 9.17) is 14.0 Å². The Balaban J connectivity index is 1.62. The lowest BCUT2D eigenvalue weighted by Crippen LogP contribution is -2.16. The summed E-state index contributed by atoms with van der Waals surface area (Å²) in [5, 5.41) is 4.72. The highest BCUT2D eigenvalue weighted by Gasteiger charge is 2.30. The maximum atomic E-state index is 7.29. The van der Waals surface area contributed by atoms with Crippen molar-refractivity contribution < 1.29 is 14.0 Å². The maximum Gasteiger partial charge on any atom is 0.150 e. The van der Waals surface area contributed by atoms with Crippen molar-refractivity contribution in [1.29, 1.82) is 0 Å². The highest BCUT2D eigenvalue weighted by molar-refractivity contribution is 7.68. The summed E-state index contributed by atoms with van der Waals surface area (Å²) in [6.07, 6.45) is 2.10. The molecular weight excluding hydrogens is 511 g/mol. The molecule has 0 N–H and O–H groups in total. The molecule has 0 radical (unpaired) electrons. The molecule has 0 aromatic heterocycles. The molecule has 0 saturated heterocycles. The van der Waals surface area contributed by atoms with Crippen molar-refractivity contribution in [3.63, 3.8) is 0 Å². The van der Waals surface area contributed by atoms with Crippen molar-refractivity contribution in [2.24, 2.45) is 0 Å². The fourth-order valence-electron chi connectivity index (χ4n) is 5.59. The first-order chi connectivity index (χ1) is 19.7. The molecule has 5 aromatic rings. The van der Waals surface area contributed by atoms with Gasteiger partial charge in [0.2, 0.25) is 0 Å². The van der Waals surface area contributed by atoms with E-state index in [1.165, 1.54) is 38.1 Å². The van der Waals surface area contributed by atoms with E-state index in [1.54, 1.807) is 0 Å². The van der Waals surface area contributed by atoms with Crippen LogP contribution in [0, 0.1) is 13.8 Å². The van der Waals surface area contributed by atoms with E-state index >= 15 is 0 Å². The molecule has 0 amide bonds. The highest BCUT2D eigenvalue weighted by Crippen LogP contribution is 2.51. The number of fused-ring (bicyclic) bond motifs is 2. The van der Waals surface area contributed by atoms with Crippen LogP contribution in [-0.4, -0.2) is 6.61 Å². The zero-order chi connectivity index (χ0) is 27.5. The fourth-order valence-corrected chi connectivity index (χ4v) is 7.39. The summed E-state index contributed by atoms with van der Waals surface area (Å²) in [6.45, 7) is 8.53. The molecule has 0 saturated carbocycles. The van der Waals surface area contributed by atoms with Crippen LogP contribution in [0.25, 0.3) is 21.9 Å². The Labute approximate surface area is 238 Å². The number of hydrogen-bond donors (Lipinski definition) is 0. The van der Waals surface area contributed by atoms with Crippen molar-refractivity contribution in [1.82, 2.24) is 0 Å². The molecule has 0 unspecified atom stereocenters. The number of unbranched alkanes of at least 4 members (excludes halogenated alkanes) is 1. The van der Waals surface area contributed by atoms with Crippen LogP contribution in [0.1, 0.15) is 42.0 Å². The van der Waals surface area contributed by atoms with Gasteiger partial charge in [0, 0.05) is 21.7 Å². The molecular formula is C36H35O3P. The maximum absolute atomic E-state index is 7.29. The molecule has 1 heterocycles. The SMILES string of the molecule is CCCCOc1ccc2ccccc2c1-c1c(C)c2c(c(C)c1OP(c1ccccc1)c1ccccc1)COC2. The van der Waals surface area contributed by atoms with Crippen molar-refractivity contribution in [2.75, 3.05) is 6.61 Å². The van der Waals surface area contributed by atoms with E-state index in [-0.39, 0.29) is 0 Å². The lowest BCUT2D eigenvalue weighted by molar-refractivity contribution is 0.134. The normalized spacial score (nSPS) is 12.6. The van der Waals surface area contributed by atoms with E-state index in [2.05, 4.69) is 118 Å². The van der Waals surface area contributed by atoms with Crippen LogP contribution in [0.4, 0.5) is 0 Å². The second-order valence-corrected chi connectivity index (χ2v) is 12.1. The van der Waals surface area contributed by atoms with Crippen LogP contribution in [0.15, 0.2) is 97.1 Å². The minimum absolute atomic E-state index is 0.614. The molecule has 5 aromatic carbocycles. The molecule has 202 valence electrons. The molecule has 4 heteroatoms. The van der Waals surface area contributed by atoms with Crippen LogP contribution in [0.3, 0.4) is 0 Å². The minimum Gasteiger partial charge on any atom is -0.493 e. The fraction of sp³-hybridized carbons (Fsp3) is 0.222. The van der Waals surface area contributed by atoms with E-state index in [1.807, 2.05) is 0 Å².